The highest BCUT2D eigenvalue weighted by atomic mass is 16.5. The lowest BCUT2D eigenvalue weighted by atomic mass is 9.81. The summed E-state index contributed by atoms with van der Waals surface area (Å²) < 4.78 is 35.5. The zero-order valence-corrected chi connectivity index (χ0v) is 30.3. The van der Waals surface area contributed by atoms with E-state index in [1.165, 1.54) is 0 Å². The van der Waals surface area contributed by atoms with Crippen LogP contribution in [0.5, 0.6) is 34.5 Å². The van der Waals surface area contributed by atoms with Crippen molar-refractivity contribution < 1.29 is 38.0 Å². The SMILES string of the molecule is COc1cc(C[C@H](C(=O)NC2CC2)[C@@H](Cc2cc(OC)c(OCc3ccccc3)c(OC)c2)C(=O)NC2CC2)cc(OC)c1OCc1ccccc1. The zero-order valence-electron chi connectivity index (χ0n) is 30.3. The van der Waals surface area contributed by atoms with Gasteiger partial charge in [0.25, 0.3) is 0 Å². The Hall–Kier alpha value is -5.38. The first-order chi connectivity index (χ1) is 25.4. The first kappa shape index (κ1) is 36.4. The molecule has 0 aliphatic heterocycles. The molecule has 2 atom stereocenters. The van der Waals surface area contributed by atoms with Gasteiger partial charge in [-0.3, -0.25) is 9.59 Å². The van der Waals surface area contributed by atoms with Crippen LogP contribution in [0.4, 0.5) is 0 Å². The maximum absolute atomic E-state index is 14.1. The summed E-state index contributed by atoms with van der Waals surface area (Å²) in [4.78, 5) is 28.3. The third-order valence-corrected chi connectivity index (χ3v) is 9.41. The van der Waals surface area contributed by atoms with Crippen LogP contribution in [-0.2, 0) is 35.6 Å². The summed E-state index contributed by atoms with van der Waals surface area (Å²) in [5.74, 6) is 1.09. The number of ether oxygens (including phenoxy) is 6. The van der Waals surface area contributed by atoms with Crippen molar-refractivity contribution in [3.63, 3.8) is 0 Å². The van der Waals surface area contributed by atoms with Gasteiger partial charge in [0.2, 0.25) is 23.3 Å². The Morgan fingerprint density at radius 2 is 0.865 bits per heavy atom. The normalized spacial score (nSPS) is 14.8. The fourth-order valence-corrected chi connectivity index (χ4v) is 6.26. The monoisotopic (exact) mass is 708 g/mol. The van der Waals surface area contributed by atoms with Crippen LogP contribution in [-0.4, -0.2) is 52.3 Å². The average molecular weight is 709 g/mol. The topological polar surface area (TPSA) is 114 Å². The van der Waals surface area contributed by atoms with E-state index in [0.29, 0.717) is 47.7 Å². The van der Waals surface area contributed by atoms with Crippen molar-refractivity contribution in [1.29, 1.82) is 0 Å². The molecule has 6 rings (SSSR count). The van der Waals surface area contributed by atoms with Crippen molar-refractivity contribution in [2.24, 2.45) is 11.8 Å². The largest absolute Gasteiger partial charge is 0.493 e. The number of nitrogens with one attached hydrogen (secondary N) is 2. The number of hydrogen-bond acceptors (Lipinski definition) is 8. The lowest BCUT2D eigenvalue weighted by Crippen LogP contribution is -2.45. The Labute approximate surface area is 305 Å². The number of carbonyl (C=O) groups is 2. The first-order valence-electron chi connectivity index (χ1n) is 17.8. The summed E-state index contributed by atoms with van der Waals surface area (Å²) in [7, 11) is 6.30. The van der Waals surface area contributed by atoms with Crippen molar-refractivity contribution in [2.45, 2.75) is 63.8 Å². The Kier molecular flexibility index (Phi) is 12.1. The van der Waals surface area contributed by atoms with Gasteiger partial charge in [-0.1, -0.05) is 60.7 Å². The van der Waals surface area contributed by atoms with Crippen LogP contribution in [0.2, 0.25) is 0 Å². The molecule has 0 unspecified atom stereocenters. The van der Waals surface area contributed by atoms with E-state index in [-0.39, 0.29) is 36.7 Å². The third kappa shape index (κ3) is 9.48. The molecule has 4 aromatic rings. The van der Waals surface area contributed by atoms with Crippen LogP contribution < -0.4 is 39.1 Å². The molecule has 0 heterocycles. The summed E-state index contributed by atoms with van der Waals surface area (Å²) in [5.41, 5.74) is 3.56. The van der Waals surface area contributed by atoms with E-state index in [2.05, 4.69) is 10.6 Å². The van der Waals surface area contributed by atoms with Gasteiger partial charge < -0.3 is 39.1 Å². The van der Waals surface area contributed by atoms with E-state index in [1.807, 2.05) is 84.9 Å². The summed E-state index contributed by atoms with van der Waals surface area (Å²) >= 11 is 0. The molecule has 2 N–H and O–H groups in total. The molecule has 0 bridgehead atoms. The van der Waals surface area contributed by atoms with Gasteiger partial charge >= 0.3 is 0 Å². The summed E-state index contributed by atoms with van der Waals surface area (Å²) in [6.45, 7) is 0.650. The van der Waals surface area contributed by atoms with Crippen molar-refractivity contribution in [3.8, 4) is 34.5 Å². The zero-order chi connectivity index (χ0) is 36.5. The van der Waals surface area contributed by atoms with Gasteiger partial charge in [0.15, 0.2) is 23.0 Å². The Bertz CT molecular complexity index is 1620. The second kappa shape index (κ2) is 17.2. The Morgan fingerprint density at radius 3 is 1.15 bits per heavy atom. The molecular formula is C42H48N2O8. The molecule has 0 spiro atoms. The highest BCUT2D eigenvalue weighted by Crippen LogP contribution is 2.42. The van der Waals surface area contributed by atoms with Gasteiger partial charge in [-0.05, 0) is 85.0 Å². The molecule has 2 saturated carbocycles. The molecule has 4 aromatic carbocycles. The van der Waals surface area contributed by atoms with E-state index >= 15 is 0 Å². The van der Waals surface area contributed by atoms with Crippen LogP contribution in [0.25, 0.3) is 0 Å². The standard InChI is InChI=1S/C42H48N2O8/c1-47-35-21-29(22-36(48-2)39(35)51-25-27-11-7-5-8-12-27)19-33(41(45)43-31-15-16-31)34(42(46)44-32-17-18-32)20-30-23-37(49-3)40(38(24-30)50-4)52-26-28-13-9-6-10-14-28/h5-14,21-24,31-34H,15-20,25-26H2,1-4H3,(H,43,45)(H,44,46)/t33-,34+. The van der Waals surface area contributed by atoms with E-state index in [9.17, 15) is 9.59 Å². The van der Waals surface area contributed by atoms with Crippen molar-refractivity contribution >= 4 is 11.8 Å². The maximum atomic E-state index is 14.1. The number of hydrogen-bond donors (Lipinski definition) is 2. The van der Waals surface area contributed by atoms with Crippen molar-refractivity contribution in [1.82, 2.24) is 10.6 Å². The van der Waals surface area contributed by atoms with E-state index in [1.54, 1.807) is 28.4 Å². The predicted octanol–water partition coefficient (Wildman–Crippen LogP) is 6.45. The smallest absolute Gasteiger partial charge is 0.224 e. The van der Waals surface area contributed by atoms with Gasteiger partial charge in [-0.2, -0.15) is 0 Å². The molecule has 10 heteroatoms. The minimum Gasteiger partial charge on any atom is -0.493 e. The van der Waals surface area contributed by atoms with Gasteiger partial charge in [-0.25, -0.2) is 0 Å². The Balaban J connectivity index is 1.31. The van der Waals surface area contributed by atoms with Crippen molar-refractivity contribution in [2.75, 3.05) is 28.4 Å². The molecule has 2 fully saturated rings. The fourth-order valence-electron chi connectivity index (χ4n) is 6.26. The number of amides is 2. The molecule has 2 aliphatic rings. The summed E-state index contributed by atoms with van der Waals surface area (Å²) in [6.07, 6.45) is 4.21. The lowest BCUT2D eigenvalue weighted by molar-refractivity contribution is -0.135. The van der Waals surface area contributed by atoms with E-state index in [4.69, 9.17) is 28.4 Å². The second-order valence-electron chi connectivity index (χ2n) is 13.4. The van der Waals surface area contributed by atoms with Crippen LogP contribution in [0.3, 0.4) is 0 Å². The Morgan fingerprint density at radius 1 is 0.538 bits per heavy atom. The van der Waals surface area contributed by atoms with Crippen LogP contribution in [0.1, 0.15) is 47.9 Å². The molecule has 0 aromatic heterocycles. The second-order valence-corrected chi connectivity index (χ2v) is 13.4. The number of carbonyl (C=O) groups excluding carboxylic acids is 2. The van der Waals surface area contributed by atoms with Crippen molar-refractivity contribution in [3.05, 3.63) is 107 Å². The lowest BCUT2D eigenvalue weighted by Gasteiger charge is -2.27. The highest BCUT2D eigenvalue weighted by Gasteiger charge is 2.39. The summed E-state index contributed by atoms with van der Waals surface area (Å²) in [6, 6.07) is 27.4. The summed E-state index contributed by atoms with van der Waals surface area (Å²) in [5, 5.41) is 6.36. The minimum absolute atomic E-state index is 0.112. The van der Waals surface area contributed by atoms with Gasteiger partial charge in [-0.15, -0.1) is 0 Å². The van der Waals surface area contributed by atoms with E-state index < -0.39 is 11.8 Å². The third-order valence-electron chi connectivity index (χ3n) is 9.41. The number of methoxy groups -OCH3 is 4. The molecule has 0 saturated heterocycles. The van der Waals surface area contributed by atoms with Crippen LogP contribution in [0, 0.1) is 11.8 Å². The quantitative estimate of drug-likeness (QED) is 0.114. The molecule has 10 nitrogen and oxygen atoms in total. The molecule has 0 radical (unpaired) electrons. The van der Waals surface area contributed by atoms with Gasteiger partial charge in [0.05, 0.1) is 40.3 Å². The number of rotatable bonds is 19. The maximum Gasteiger partial charge on any atom is 0.224 e. The molecular weight excluding hydrogens is 660 g/mol. The van der Waals surface area contributed by atoms with Gasteiger partial charge in [0, 0.05) is 12.1 Å². The molecule has 2 amide bonds. The average Bonchev–Trinajstić information content (AvgIpc) is 4.13. The predicted molar refractivity (Wildman–Crippen MR) is 197 cm³/mol. The fraction of sp³-hybridized carbons (Fsp3) is 0.381. The van der Waals surface area contributed by atoms with Crippen LogP contribution in [0.15, 0.2) is 84.9 Å². The van der Waals surface area contributed by atoms with Gasteiger partial charge in [0.1, 0.15) is 13.2 Å². The number of benzene rings is 4. The first-order valence-corrected chi connectivity index (χ1v) is 17.8. The van der Waals surface area contributed by atoms with Crippen LogP contribution >= 0.6 is 0 Å². The molecule has 52 heavy (non-hydrogen) atoms. The minimum atomic E-state index is -0.712. The molecule has 2 aliphatic carbocycles. The van der Waals surface area contributed by atoms with E-state index in [0.717, 1.165) is 47.9 Å². The highest BCUT2D eigenvalue weighted by molar-refractivity contribution is 5.89. The molecule has 274 valence electrons.